The molecule has 0 spiro atoms. The molecule has 0 fully saturated rings. The summed E-state index contributed by atoms with van der Waals surface area (Å²) in [5.74, 6) is -1.58. The Morgan fingerprint density at radius 2 is 2.29 bits per heavy atom. The first-order valence-electron chi connectivity index (χ1n) is 5.18. The third kappa shape index (κ3) is 4.20. The van der Waals surface area contributed by atoms with Crippen molar-refractivity contribution < 1.29 is 14.7 Å². The number of carbonyl (C=O) groups is 2. The van der Waals surface area contributed by atoms with Gasteiger partial charge in [-0.05, 0) is 18.6 Å². The molecular formula is C11H15N3O3. The summed E-state index contributed by atoms with van der Waals surface area (Å²) in [6, 6.07) is 2.29. The molecule has 6 nitrogen and oxygen atoms in total. The fourth-order valence-electron chi connectivity index (χ4n) is 1.32. The van der Waals surface area contributed by atoms with Gasteiger partial charge in [-0.2, -0.15) is 0 Å². The Hall–Kier alpha value is -1.95. The van der Waals surface area contributed by atoms with Gasteiger partial charge in [0.1, 0.15) is 0 Å². The molecule has 6 heteroatoms. The van der Waals surface area contributed by atoms with E-state index >= 15 is 0 Å². The number of pyridine rings is 1. The van der Waals surface area contributed by atoms with Crippen molar-refractivity contribution in [3.05, 3.63) is 30.1 Å². The summed E-state index contributed by atoms with van der Waals surface area (Å²) in [4.78, 5) is 25.9. The molecule has 1 amide bonds. The summed E-state index contributed by atoms with van der Waals surface area (Å²) in [5, 5.41) is 11.1. The van der Waals surface area contributed by atoms with Crippen LogP contribution in [0.5, 0.6) is 0 Å². The van der Waals surface area contributed by atoms with Gasteiger partial charge in [-0.25, -0.2) is 0 Å². The molecule has 4 N–H and O–H groups in total. The van der Waals surface area contributed by atoms with Crippen molar-refractivity contribution in [3.63, 3.8) is 0 Å². The number of rotatable bonds is 5. The lowest BCUT2D eigenvalue weighted by Crippen LogP contribution is -2.42. The third-order valence-electron chi connectivity index (χ3n) is 2.27. The topological polar surface area (TPSA) is 105 Å². The Bertz CT molecular complexity index is 394. The van der Waals surface area contributed by atoms with Crippen molar-refractivity contribution in [1.29, 1.82) is 0 Å². The number of aromatic nitrogens is 1. The molecule has 0 saturated heterocycles. The zero-order valence-electron chi connectivity index (χ0n) is 9.46. The van der Waals surface area contributed by atoms with E-state index < -0.39 is 17.9 Å². The molecule has 17 heavy (non-hydrogen) atoms. The molecule has 1 unspecified atom stereocenters. The van der Waals surface area contributed by atoms with E-state index in [1.165, 1.54) is 0 Å². The van der Waals surface area contributed by atoms with Crippen LogP contribution in [-0.2, 0) is 9.59 Å². The first kappa shape index (κ1) is 13.1. The molecule has 1 aromatic heterocycles. The number of nitrogens with zero attached hydrogens (tertiary/aromatic N) is 1. The molecule has 92 valence electrons. The summed E-state index contributed by atoms with van der Waals surface area (Å²) in [6.07, 6.45) is 2.88. The van der Waals surface area contributed by atoms with Gasteiger partial charge in [-0.15, -0.1) is 0 Å². The Balaban J connectivity index is 2.54. The number of aliphatic carboxylic acids is 1. The first-order chi connectivity index (χ1) is 8.00. The number of hydrogen-bond acceptors (Lipinski definition) is 4. The van der Waals surface area contributed by atoms with Crippen LogP contribution in [0.3, 0.4) is 0 Å². The van der Waals surface area contributed by atoms with Crippen LogP contribution in [0.25, 0.3) is 0 Å². The lowest BCUT2D eigenvalue weighted by molar-refractivity contribution is -0.139. The van der Waals surface area contributed by atoms with Crippen LogP contribution in [0.4, 0.5) is 0 Å². The zero-order valence-corrected chi connectivity index (χ0v) is 9.46. The van der Waals surface area contributed by atoms with Gasteiger partial charge in [-0.1, -0.05) is 6.07 Å². The number of carboxylic acid groups (broad SMARTS) is 1. The van der Waals surface area contributed by atoms with Crippen LogP contribution in [-0.4, -0.2) is 28.0 Å². The van der Waals surface area contributed by atoms with Crippen LogP contribution in [0.1, 0.15) is 24.9 Å². The highest BCUT2D eigenvalue weighted by molar-refractivity contribution is 5.86. The summed E-state index contributed by atoms with van der Waals surface area (Å²) in [6.45, 7) is 1.78. The quantitative estimate of drug-likeness (QED) is 0.671. The van der Waals surface area contributed by atoms with Gasteiger partial charge in [0.2, 0.25) is 5.91 Å². The van der Waals surface area contributed by atoms with E-state index in [0.717, 1.165) is 5.56 Å². The van der Waals surface area contributed by atoms with Gasteiger partial charge in [0.25, 0.3) is 0 Å². The molecule has 0 aromatic carbocycles. The van der Waals surface area contributed by atoms with Crippen molar-refractivity contribution >= 4 is 11.9 Å². The van der Waals surface area contributed by atoms with Gasteiger partial charge < -0.3 is 16.2 Å². The number of carbonyl (C=O) groups excluding carboxylic acids is 1. The molecule has 0 radical (unpaired) electrons. The summed E-state index contributed by atoms with van der Waals surface area (Å²) in [7, 11) is 0. The second-order valence-corrected chi connectivity index (χ2v) is 3.72. The maximum Gasteiger partial charge on any atom is 0.305 e. The van der Waals surface area contributed by atoms with Crippen molar-refractivity contribution in [2.45, 2.75) is 25.4 Å². The zero-order chi connectivity index (χ0) is 12.8. The molecule has 0 aliphatic rings. The molecule has 0 bridgehead atoms. The van der Waals surface area contributed by atoms with Crippen LogP contribution in [0.15, 0.2) is 24.5 Å². The third-order valence-corrected chi connectivity index (χ3v) is 2.27. The Morgan fingerprint density at radius 1 is 1.59 bits per heavy atom. The number of nitrogens with two attached hydrogens (primary N) is 1. The second-order valence-electron chi connectivity index (χ2n) is 3.72. The van der Waals surface area contributed by atoms with Crippen LogP contribution in [0, 0.1) is 0 Å². The number of amides is 1. The highest BCUT2D eigenvalue weighted by atomic mass is 16.4. The normalized spacial score (nSPS) is 13.8. The van der Waals surface area contributed by atoms with Gasteiger partial charge >= 0.3 is 5.97 Å². The summed E-state index contributed by atoms with van der Waals surface area (Å²) < 4.78 is 0. The Labute approximate surface area is 98.8 Å². The van der Waals surface area contributed by atoms with Gasteiger partial charge in [0.05, 0.1) is 18.5 Å². The Morgan fingerprint density at radius 3 is 2.82 bits per heavy atom. The van der Waals surface area contributed by atoms with Crippen LogP contribution in [0.2, 0.25) is 0 Å². The minimum Gasteiger partial charge on any atom is -0.481 e. The molecule has 1 aromatic rings. The smallest absolute Gasteiger partial charge is 0.305 e. The van der Waals surface area contributed by atoms with Crippen LogP contribution < -0.4 is 11.1 Å². The fourth-order valence-corrected chi connectivity index (χ4v) is 1.32. The lowest BCUT2D eigenvalue weighted by Gasteiger charge is -2.16. The SMILES string of the molecule is C[C@@H](NC(=O)C(N)CC(=O)O)c1cccnc1. The second kappa shape index (κ2) is 5.95. The average Bonchev–Trinajstić information content (AvgIpc) is 2.29. The number of hydrogen-bond donors (Lipinski definition) is 3. The molecule has 0 aliphatic heterocycles. The predicted molar refractivity (Wildman–Crippen MR) is 61.0 cm³/mol. The van der Waals surface area contributed by atoms with E-state index in [1.54, 1.807) is 25.4 Å². The molecule has 1 rings (SSSR count). The van der Waals surface area contributed by atoms with E-state index in [1.807, 2.05) is 6.07 Å². The van der Waals surface area contributed by atoms with Gasteiger partial charge in [0, 0.05) is 12.4 Å². The molecule has 2 atom stereocenters. The van der Waals surface area contributed by atoms with Crippen molar-refractivity contribution in [2.24, 2.45) is 5.73 Å². The minimum absolute atomic E-state index is 0.254. The highest BCUT2D eigenvalue weighted by Crippen LogP contribution is 2.09. The van der Waals surface area contributed by atoms with E-state index in [-0.39, 0.29) is 12.5 Å². The molecule has 0 saturated carbocycles. The predicted octanol–water partition coefficient (Wildman–Crippen LogP) is 0.0608. The number of carboxylic acids is 1. The minimum atomic E-state index is -1.10. The monoisotopic (exact) mass is 237 g/mol. The summed E-state index contributed by atoms with van der Waals surface area (Å²) >= 11 is 0. The average molecular weight is 237 g/mol. The maximum atomic E-state index is 11.5. The van der Waals surface area contributed by atoms with Crippen molar-refractivity contribution in [2.75, 3.05) is 0 Å². The molecule has 0 aliphatic carbocycles. The summed E-state index contributed by atoms with van der Waals surface area (Å²) in [5.41, 5.74) is 6.27. The van der Waals surface area contributed by atoms with Crippen LogP contribution >= 0.6 is 0 Å². The van der Waals surface area contributed by atoms with E-state index in [0.29, 0.717) is 0 Å². The largest absolute Gasteiger partial charge is 0.481 e. The van der Waals surface area contributed by atoms with Crippen molar-refractivity contribution in [3.8, 4) is 0 Å². The molecular weight excluding hydrogens is 222 g/mol. The lowest BCUT2D eigenvalue weighted by atomic mass is 10.1. The highest BCUT2D eigenvalue weighted by Gasteiger charge is 2.19. The Kier molecular flexibility index (Phi) is 4.59. The van der Waals surface area contributed by atoms with Gasteiger partial charge in [-0.3, -0.25) is 14.6 Å². The van der Waals surface area contributed by atoms with Crippen molar-refractivity contribution in [1.82, 2.24) is 10.3 Å². The molecule has 1 heterocycles. The van der Waals surface area contributed by atoms with E-state index in [9.17, 15) is 9.59 Å². The van der Waals surface area contributed by atoms with E-state index in [4.69, 9.17) is 10.8 Å². The standard InChI is InChI=1S/C11H15N3O3/c1-7(8-3-2-4-13-6-8)14-11(17)9(12)5-10(15)16/h2-4,6-7,9H,5,12H2,1H3,(H,14,17)(H,15,16)/t7-,9?/m1/s1. The first-order valence-corrected chi connectivity index (χ1v) is 5.18. The number of nitrogens with one attached hydrogen (secondary N) is 1. The maximum absolute atomic E-state index is 11.5. The van der Waals surface area contributed by atoms with Gasteiger partial charge in [0.15, 0.2) is 0 Å². The van der Waals surface area contributed by atoms with E-state index in [2.05, 4.69) is 10.3 Å². The fraction of sp³-hybridized carbons (Fsp3) is 0.364.